The lowest BCUT2D eigenvalue weighted by molar-refractivity contribution is 0.183. The first-order valence-electron chi connectivity index (χ1n) is 4.45. The molecule has 1 unspecified atom stereocenters. The molecule has 2 rings (SSSR count). The molecule has 5 heteroatoms. The Kier molecular flexibility index (Phi) is 2.49. The first-order chi connectivity index (χ1) is 6.20. The topological polar surface area (TPSA) is 36.9 Å². The van der Waals surface area contributed by atoms with Crippen molar-refractivity contribution in [2.24, 2.45) is 4.99 Å². The number of amidine groups is 1. The van der Waals surface area contributed by atoms with E-state index in [1.165, 1.54) is 0 Å². The molecule has 0 saturated carbocycles. The molecule has 1 atom stereocenters. The average Bonchev–Trinajstić information content (AvgIpc) is 2.63. The van der Waals surface area contributed by atoms with Crippen molar-refractivity contribution >= 4 is 16.9 Å². The molecule has 0 aromatic rings. The van der Waals surface area contributed by atoms with Gasteiger partial charge in [0.1, 0.15) is 0 Å². The summed E-state index contributed by atoms with van der Waals surface area (Å²) >= 11 is 1.78. The quantitative estimate of drug-likeness (QED) is 0.620. The number of rotatable bonds is 1. The van der Waals surface area contributed by atoms with Gasteiger partial charge >= 0.3 is 0 Å². The van der Waals surface area contributed by atoms with E-state index in [0.717, 1.165) is 30.6 Å². The van der Waals surface area contributed by atoms with Crippen molar-refractivity contribution in [3.63, 3.8) is 0 Å². The highest BCUT2D eigenvalue weighted by atomic mass is 32.2. The third kappa shape index (κ3) is 1.98. The number of ether oxygens (including phenoxy) is 1. The fourth-order valence-corrected chi connectivity index (χ4v) is 2.73. The van der Waals surface area contributed by atoms with Crippen LogP contribution < -0.4 is 5.43 Å². The zero-order chi connectivity index (χ0) is 9.31. The van der Waals surface area contributed by atoms with Gasteiger partial charge in [-0.15, -0.1) is 0 Å². The number of aliphatic imine (C=N–C) groups is 1. The zero-order valence-corrected chi connectivity index (χ0v) is 8.86. The molecule has 0 aromatic heterocycles. The van der Waals surface area contributed by atoms with E-state index in [0.29, 0.717) is 0 Å². The van der Waals surface area contributed by atoms with Crippen LogP contribution in [0.3, 0.4) is 0 Å². The normalized spacial score (nSPS) is 33.0. The van der Waals surface area contributed by atoms with Crippen molar-refractivity contribution in [1.29, 1.82) is 0 Å². The molecule has 1 fully saturated rings. The summed E-state index contributed by atoms with van der Waals surface area (Å²) in [6.45, 7) is 1.65. The van der Waals surface area contributed by atoms with Gasteiger partial charge in [-0.3, -0.25) is 10.4 Å². The van der Waals surface area contributed by atoms with E-state index in [1.54, 1.807) is 11.8 Å². The summed E-state index contributed by atoms with van der Waals surface area (Å²) in [7, 11) is 3.94. The Morgan fingerprint density at radius 2 is 2.46 bits per heavy atom. The molecule has 1 N–H and O–H groups in total. The van der Waals surface area contributed by atoms with Crippen molar-refractivity contribution in [3.8, 4) is 0 Å². The molecule has 0 amide bonds. The van der Waals surface area contributed by atoms with E-state index in [4.69, 9.17) is 4.74 Å². The Morgan fingerprint density at radius 1 is 1.62 bits per heavy atom. The number of thioether (sulfide) groups is 1. The molecule has 2 heterocycles. The summed E-state index contributed by atoms with van der Waals surface area (Å²) < 4.78 is 5.37. The third-order valence-electron chi connectivity index (χ3n) is 2.22. The lowest BCUT2D eigenvalue weighted by atomic mass is 10.0. The number of hydrogen-bond donors (Lipinski definition) is 1. The number of hydrogen-bond acceptors (Lipinski definition) is 5. The summed E-state index contributed by atoms with van der Waals surface area (Å²) in [4.78, 5) is 4.66. The molecule has 13 heavy (non-hydrogen) atoms. The molecule has 74 valence electrons. The highest BCUT2D eigenvalue weighted by Crippen LogP contribution is 2.33. The maximum Gasteiger partial charge on any atom is 0.171 e. The minimum absolute atomic E-state index is 0.0863. The van der Waals surface area contributed by atoms with Gasteiger partial charge < -0.3 is 4.74 Å². The lowest BCUT2D eigenvalue weighted by Crippen LogP contribution is -2.34. The number of hydrazine groups is 1. The van der Waals surface area contributed by atoms with Crippen LogP contribution in [0, 0.1) is 0 Å². The highest BCUT2D eigenvalue weighted by Gasteiger charge is 2.39. The molecule has 0 aliphatic carbocycles. The Labute approximate surface area is 82.7 Å². The zero-order valence-electron chi connectivity index (χ0n) is 8.04. The van der Waals surface area contributed by atoms with Crippen LogP contribution in [0.4, 0.5) is 0 Å². The number of nitrogens with zero attached hydrogens (tertiary/aromatic N) is 2. The maximum absolute atomic E-state index is 5.37. The standard InChI is InChI=1S/C8H15N3OS/c1-11(2)10-7-9-8(6-13-7)3-4-12-5-8/h3-6H2,1-2H3,(H,9,10). The monoisotopic (exact) mass is 201 g/mol. The van der Waals surface area contributed by atoms with E-state index in [-0.39, 0.29) is 5.54 Å². The van der Waals surface area contributed by atoms with Crippen LogP contribution >= 0.6 is 11.8 Å². The highest BCUT2D eigenvalue weighted by molar-refractivity contribution is 8.14. The molecule has 1 saturated heterocycles. The summed E-state index contributed by atoms with van der Waals surface area (Å²) in [5.74, 6) is 1.06. The van der Waals surface area contributed by atoms with Gasteiger partial charge in [-0.2, -0.15) is 0 Å². The van der Waals surface area contributed by atoms with Gasteiger partial charge in [0.2, 0.25) is 0 Å². The largest absolute Gasteiger partial charge is 0.379 e. The van der Waals surface area contributed by atoms with Crippen LogP contribution in [0.5, 0.6) is 0 Å². The summed E-state index contributed by atoms with van der Waals surface area (Å²) in [5.41, 5.74) is 3.27. The van der Waals surface area contributed by atoms with Crippen molar-refractivity contribution in [1.82, 2.24) is 10.4 Å². The van der Waals surface area contributed by atoms with Gasteiger partial charge in [-0.05, 0) is 6.42 Å². The first-order valence-corrected chi connectivity index (χ1v) is 5.43. The van der Waals surface area contributed by atoms with Crippen LogP contribution in [0.15, 0.2) is 4.99 Å². The summed E-state index contributed by atoms with van der Waals surface area (Å²) in [6, 6.07) is 0. The van der Waals surface area contributed by atoms with Crippen molar-refractivity contribution < 1.29 is 4.74 Å². The molecule has 1 spiro atoms. The SMILES string of the molecule is CN(C)NC1=NC2(CCOC2)CS1. The van der Waals surface area contributed by atoms with E-state index in [2.05, 4.69) is 10.4 Å². The smallest absolute Gasteiger partial charge is 0.171 e. The Bertz CT molecular complexity index is 223. The Hall–Kier alpha value is -0.260. The molecule has 2 aliphatic rings. The predicted molar refractivity (Wildman–Crippen MR) is 54.9 cm³/mol. The van der Waals surface area contributed by atoms with Gasteiger partial charge in [0, 0.05) is 26.5 Å². The van der Waals surface area contributed by atoms with Gasteiger partial charge in [0.25, 0.3) is 0 Å². The molecular weight excluding hydrogens is 186 g/mol. The second-order valence-electron chi connectivity index (χ2n) is 3.74. The fraction of sp³-hybridized carbons (Fsp3) is 0.875. The summed E-state index contributed by atoms with van der Waals surface area (Å²) in [5, 5.41) is 2.94. The van der Waals surface area contributed by atoms with E-state index in [9.17, 15) is 0 Å². The van der Waals surface area contributed by atoms with E-state index < -0.39 is 0 Å². The second kappa shape index (κ2) is 3.48. The third-order valence-corrected chi connectivity index (χ3v) is 3.36. The van der Waals surface area contributed by atoms with Crippen LogP contribution in [0.2, 0.25) is 0 Å². The summed E-state index contributed by atoms with van der Waals surface area (Å²) in [6.07, 6.45) is 1.07. The molecule has 0 aromatic carbocycles. The fourth-order valence-electron chi connectivity index (χ4n) is 1.53. The van der Waals surface area contributed by atoms with Gasteiger partial charge in [0.05, 0.1) is 12.1 Å². The maximum atomic E-state index is 5.37. The van der Waals surface area contributed by atoms with Crippen molar-refractivity contribution in [3.05, 3.63) is 0 Å². The van der Waals surface area contributed by atoms with Crippen LogP contribution in [-0.4, -0.2) is 48.8 Å². The van der Waals surface area contributed by atoms with Gasteiger partial charge in [0.15, 0.2) is 5.17 Å². The Morgan fingerprint density at radius 3 is 3.08 bits per heavy atom. The van der Waals surface area contributed by atoms with Gasteiger partial charge in [-0.1, -0.05) is 11.8 Å². The lowest BCUT2D eigenvalue weighted by Gasteiger charge is -2.14. The van der Waals surface area contributed by atoms with E-state index >= 15 is 0 Å². The minimum atomic E-state index is 0.0863. The Balaban J connectivity index is 2.00. The molecule has 2 aliphatic heterocycles. The second-order valence-corrected chi connectivity index (χ2v) is 4.70. The van der Waals surface area contributed by atoms with Crippen molar-refractivity contribution in [2.75, 3.05) is 33.1 Å². The number of nitrogens with one attached hydrogen (secondary N) is 1. The van der Waals surface area contributed by atoms with Crippen LogP contribution in [0.25, 0.3) is 0 Å². The predicted octanol–water partition coefficient (Wildman–Crippen LogP) is 0.314. The first kappa shape index (κ1) is 9.30. The van der Waals surface area contributed by atoms with E-state index in [1.807, 2.05) is 19.1 Å². The molecule has 0 bridgehead atoms. The molecular formula is C8H15N3OS. The van der Waals surface area contributed by atoms with Gasteiger partial charge in [-0.25, -0.2) is 5.01 Å². The van der Waals surface area contributed by atoms with Crippen LogP contribution in [-0.2, 0) is 4.74 Å². The average molecular weight is 201 g/mol. The van der Waals surface area contributed by atoms with Crippen LogP contribution in [0.1, 0.15) is 6.42 Å². The molecule has 0 radical (unpaired) electrons. The van der Waals surface area contributed by atoms with Crippen molar-refractivity contribution in [2.45, 2.75) is 12.0 Å². The minimum Gasteiger partial charge on any atom is -0.379 e. The molecule has 4 nitrogen and oxygen atoms in total.